The van der Waals surface area contributed by atoms with E-state index in [0.717, 1.165) is 17.3 Å². The molecule has 4 heteroatoms. The predicted molar refractivity (Wildman–Crippen MR) is 83.8 cm³/mol. The minimum atomic E-state index is -0.123. The standard InChI is InChI=1S/C16H21N3O/c1-11(10-19(2)3)18-16(20)14-8-12-6-4-5-7-13(12)9-15(14)17/h4-9,11H,10,17H2,1-3H3,(H,18,20). The third-order valence-corrected chi connectivity index (χ3v) is 3.18. The Morgan fingerprint density at radius 1 is 1.25 bits per heavy atom. The van der Waals surface area contributed by atoms with E-state index in [0.29, 0.717) is 11.3 Å². The molecule has 0 spiro atoms. The van der Waals surface area contributed by atoms with Crippen LogP contribution >= 0.6 is 0 Å². The predicted octanol–water partition coefficient (Wildman–Crippen LogP) is 2.10. The number of nitrogens with two attached hydrogens (primary N) is 1. The van der Waals surface area contributed by atoms with Crippen LogP contribution in [-0.2, 0) is 0 Å². The summed E-state index contributed by atoms with van der Waals surface area (Å²) < 4.78 is 0. The Kier molecular flexibility index (Phi) is 4.25. The fourth-order valence-corrected chi connectivity index (χ4v) is 2.35. The first-order valence-corrected chi connectivity index (χ1v) is 6.71. The first-order valence-electron chi connectivity index (χ1n) is 6.71. The fourth-order valence-electron chi connectivity index (χ4n) is 2.35. The van der Waals surface area contributed by atoms with Gasteiger partial charge in [0.2, 0.25) is 0 Å². The first kappa shape index (κ1) is 14.3. The van der Waals surface area contributed by atoms with Gasteiger partial charge in [-0.1, -0.05) is 24.3 Å². The lowest BCUT2D eigenvalue weighted by molar-refractivity contribution is 0.0935. The van der Waals surface area contributed by atoms with Gasteiger partial charge in [0.1, 0.15) is 0 Å². The number of benzene rings is 2. The van der Waals surface area contributed by atoms with Gasteiger partial charge in [0, 0.05) is 18.3 Å². The van der Waals surface area contributed by atoms with E-state index in [1.165, 1.54) is 0 Å². The second kappa shape index (κ2) is 5.92. The Hall–Kier alpha value is -2.07. The summed E-state index contributed by atoms with van der Waals surface area (Å²) in [5.41, 5.74) is 7.04. The number of nitrogens with zero attached hydrogens (tertiary/aromatic N) is 1. The maximum atomic E-state index is 12.3. The molecule has 4 nitrogen and oxygen atoms in total. The number of fused-ring (bicyclic) bond motifs is 1. The van der Waals surface area contributed by atoms with Crippen LogP contribution < -0.4 is 11.1 Å². The number of anilines is 1. The van der Waals surface area contributed by atoms with E-state index in [9.17, 15) is 4.79 Å². The fraction of sp³-hybridized carbons (Fsp3) is 0.312. The van der Waals surface area contributed by atoms with Gasteiger partial charge in [0.25, 0.3) is 5.91 Å². The number of carbonyl (C=O) groups excluding carboxylic acids is 1. The van der Waals surface area contributed by atoms with E-state index in [4.69, 9.17) is 5.73 Å². The van der Waals surface area contributed by atoms with Crippen molar-refractivity contribution >= 4 is 22.4 Å². The number of likely N-dealkylation sites (N-methyl/N-ethyl adjacent to an activating group) is 1. The molecule has 0 aromatic heterocycles. The molecule has 1 atom stereocenters. The van der Waals surface area contributed by atoms with Crippen molar-refractivity contribution in [1.29, 1.82) is 0 Å². The quantitative estimate of drug-likeness (QED) is 0.837. The summed E-state index contributed by atoms with van der Waals surface area (Å²) >= 11 is 0. The number of amides is 1. The highest BCUT2D eigenvalue weighted by Crippen LogP contribution is 2.21. The molecule has 0 aliphatic rings. The van der Waals surface area contributed by atoms with Crippen LogP contribution in [0.3, 0.4) is 0 Å². The van der Waals surface area contributed by atoms with Crippen molar-refractivity contribution in [1.82, 2.24) is 10.2 Å². The van der Waals surface area contributed by atoms with Gasteiger partial charge in [-0.15, -0.1) is 0 Å². The van der Waals surface area contributed by atoms with Gasteiger partial charge in [-0.05, 0) is 43.9 Å². The van der Waals surface area contributed by atoms with Crippen LogP contribution in [0.5, 0.6) is 0 Å². The van der Waals surface area contributed by atoms with Gasteiger partial charge < -0.3 is 16.0 Å². The summed E-state index contributed by atoms with van der Waals surface area (Å²) in [6.07, 6.45) is 0. The molecular weight excluding hydrogens is 250 g/mol. The van der Waals surface area contributed by atoms with E-state index in [1.54, 1.807) is 0 Å². The van der Waals surface area contributed by atoms with Crippen molar-refractivity contribution in [2.45, 2.75) is 13.0 Å². The number of nitrogens with one attached hydrogen (secondary N) is 1. The Morgan fingerprint density at radius 2 is 1.85 bits per heavy atom. The molecule has 0 fully saturated rings. The van der Waals surface area contributed by atoms with Gasteiger partial charge in [-0.25, -0.2) is 0 Å². The zero-order valence-corrected chi connectivity index (χ0v) is 12.2. The number of hydrogen-bond acceptors (Lipinski definition) is 3. The van der Waals surface area contributed by atoms with Crippen LogP contribution in [0.2, 0.25) is 0 Å². The number of hydrogen-bond donors (Lipinski definition) is 2. The lowest BCUT2D eigenvalue weighted by Crippen LogP contribution is -2.39. The molecule has 0 radical (unpaired) electrons. The average Bonchev–Trinajstić information content (AvgIpc) is 2.36. The van der Waals surface area contributed by atoms with Gasteiger partial charge in [0.15, 0.2) is 0 Å². The highest BCUT2D eigenvalue weighted by molar-refractivity contribution is 6.04. The molecule has 2 aromatic carbocycles. The Balaban J connectivity index is 2.23. The largest absolute Gasteiger partial charge is 0.398 e. The first-order chi connectivity index (χ1) is 9.47. The van der Waals surface area contributed by atoms with Crippen LogP contribution in [-0.4, -0.2) is 37.5 Å². The van der Waals surface area contributed by atoms with E-state index in [-0.39, 0.29) is 11.9 Å². The number of nitrogen functional groups attached to an aromatic ring is 1. The smallest absolute Gasteiger partial charge is 0.253 e. The molecule has 0 aliphatic carbocycles. The highest BCUT2D eigenvalue weighted by atomic mass is 16.1. The van der Waals surface area contributed by atoms with E-state index in [1.807, 2.05) is 62.3 Å². The lowest BCUT2D eigenvalue weighted by atomic mass is 10.0. The molecule has 0 saturated heterocycles. The molecule has 2 aromatic rings. The normalized spacial score (nSPS) is 12.6. The second-order valence-electron chi connectivity index (χ2n) is 5.42. The van der Waals surface area contributed by atoms with Gasteiger partial charge in [0.05, 0.1) is 5.56 Å². The van der Waals surface area contributed by atoms with Crippen LogP contribution in [0, 0.1) is 0 Å². The molecule has 3 N–H and O–H groups in total. The Labute approximate surface area is 119 Å². The van der Waals surface area contributed by atoms with E-state index in [2.05, 4.69) is 5.32 Å². The third-order valence-electron chi connectivity index (χ3n) is 3.18. The summed E-state index contributed by atoms with van der Waals surface area (Å²) in [5.74, 6) is -0.123. The van der Waals surface area contributed by atoms with E-state index >= 15 is 0 Å². The van der Waals surface area contributed by atoms with Crippen molar-refractivity contribution in [3.05, 3.63) is 42.0 Å². The molecule has 0 saturated carbocycles. The van der Waals surface area contributed by atoms with Gasteiger partial charge in [-0.3, -0.25) is 4.79 Å². The molecule has 0 bridgehead atoms. The molecule has 1 unspecified atom stereocenters. The molecule has 2 rings (SSSR count). The van der Waals surface area contributed by atoms with E-state index < -0.39 is 0 Å². The minimum absolute atomic E-state index is 0.0726. The summed E-state index contributed by atoms with van der Waals surface area (Å²) in [6, 6.07) is 11.7. The monoisotopic (exact) mass is 271 g/mol. The zero-order chi connectivity index (χ0) is 14.7. The summed E-state index contributed by atoms with van der Waals surface area (Å²) in [7, 11) is 3.96. The Bertz CT molecular complexity index is 622. The molecule has 106 valence electrons. The number of carbonyl (C=O) groups is 1. The highest BCUT2D eigenvalue weighted by Gasteiger charge is 2.14. The summed E-state index contributed by atoms with van der Waals surface area (Å²) in [5, 5.41) is 5.04. The number of rotatable bonds is 4. The minimum Gasteiger partial charge on any atom is -0.398 e. The molecule has 1 amide bonds. The molecule has 0 heterocycles. The van der Waals surface area contributed by atoms with Crippen LogP contribution in [0.1, 0.15) is 17.3 Å². The van der Waals surface area contributed by atoms with Gasteiger partial charge >= 0.3 is 0 Å². The SMILES string of the molecule is CC(CN(C)C)NC(=O)c1cc2ccccc2cc1N. The van der Waals surface area contributed by atoms with Crippen molar-refractivity contribution in [2.24, 2.45) is 0 Å². The van der Waals surface area contributed by atoms with Crippen LogP contribution in [0.25, 0.3) is 10.8 Å². The lowest BCUT2D eigenvalue weighted by Gasteiger charge is -2.19. The maximum absolute atomic E-state index is 12.3. The maximum Gasteiger partial charge on any atom is 0.253 e. The van der Waals surface area contributed by atoms with Crippen molar-refractivity contribution in [2.75, 3.05) is 26.4 Å². The van der Waals surface area contributed by atoms with Crippen LogP contribution in [0.15, 0.2) is 36.4 Å². The molecule has 0 aliphatic heterocycles. The topological polar surface area (TPSA) is 58.4 Å². The third kappa shape index (κ3) is 3.27. The molecular formula is C16H21N3O. The average molecular weight is 271 g/mol. The zero-order valence-electron chi connectivity index (χ0n) is 12.2. The van der Waals surface area contributed by atoms with Crippen molar-refractivity contribution in [3.63, 3.8) is 0 Å². The summed E-state index contributed by atoms with van der Waals surface area (Å²) in [6.45, 7) is 2.77. The van der Waals surface area contributed by atoms with Crippen LogP contribution in [0.4, 0.5) is 5.69 Å². The Morgan fingerprint density at radius 3 is 2.45 bits per heavy atom. The van der Waals surface area contributed by atoms with Gasteiger partial charge in [-0.2, -0.15) is 0 Å². The van der Waals surface area contributed by atoms with Crippen molar-refractivity contribution in [3.8, 4) is 0 Å². The summed E-state index contributed by atoms with van der Waals surface area (Å²) in [4.78, 5) is 14.3. The molecule has 20 heavy (non-hydrogen) atoms. The second-order valence-corrected chi connectivity index (χ2v) is 5.42. The van der Waals surface area contributed by atoms with Crippen molar-refractivity contribution < 1.29 is 4.79 Å².